The van der Waals surface area contributed by atoms with Crippen molar-refractivity contribution in [2.45, 2.75) is 45.9 Å². The first-order chi connectivity index (χ1) is 20.1. The molecule has 4 rings (SSSR count). The average Bonchev–Trinajstić information content (AvgIpc) is 2.96. The minimum atomic E-state index is -1.34. The van der Waals surface area contributed by atoms with Gasteiger partial charge in [0.2, 0.25) is 0 Å². The van der Waals surface area contributed by atoms with Crippen molar-refractivity contribution in [1.29, 1.82) is 0 Å². The second kappa shape index (κ2) is 13.7. The van der Waals surface area contributed by atoms with Crippen LogP contribution in [0.1, 0.15) is 22.8 Å². The fourth-order valence-corrected chi connectivity index (χ4v) is 5.20. The predicted octanol–water partition coefficient (Wildman–Crippen LogP) is 5.72. The van der Waals surface area contributed by atoms with Gasteiger partial charge in [-0.15, -0.1) is 0 Å². The first kappa shape index (κ1) is 30.8. The number of fused-ring (bicyclic) bond motifs is 1. The van der Waals surface area contributed by atoms with Gasteiger partial charge in [-0.2, -0.15) is 0 Å². The molecule has 0 bridgehead atoms. The number of ether oxygens (including phenoxy) is 2. The molecule has 0 unspecified atom stereocenters. The Morgan fingerprint density at radius 3 is 2.40 bits per heavy atom. The molecule has 3 aromatic carbocycles. The molecule has 10 heteroatoms. The van der Waals surface area contributed by atoms with Crippen molar-refractivity contribution in [2.75, 3.05) is 19.8 Å². The lowest BCUT2D eigenvalue weighted by Crippen LogP contribution is -2.36. The van der Waals surface area contributed by atoms with Crippen molar-refractivity contribution < 1.29 is 23.5 Å². The molecule has 0 atom stereocenters. The lowest BCUT2D eigenvalue weighted by atomic mass is 10.0. The second-order valence-corrected chi connectivity index (χ2v) is 16.8. The monoisotopic (exact) mass is 589 g/mol. The number of carbonyl (C=O) groups is 2. The van der Waals surface area contributed by atoms with Gasteiger partial charge in [-0.3, -0.25) is 19.0 Å². The van der Waals surface area contributed by atoms with Crippen LogP contribution < -0.4 is 5.56 Å². The molecule has 0 spiro atoms. The molecule has 0 fully saturated rings. The summed E-state index contributed by atoms with van der Waals surface area (Å²) in [7, 11) is -1.34. The summed E-state index contributed by atoms with van der Waals surface area (Å²) >= 11 is 0. The van der Waals surface area contributed by atoms with Gasteiger partial charge < -0.3 is 14.4 Å². The molecule has 1 heterocycles. The zero-order chi connectivity index (χ0) is 30.3. The van der Waals surface area contributed by atoms with Crippen LogP contribution in [-0.2, 0) is 27.5 Å². The van der Waals surface area contributed by atoms with Crippen LogP contribution in [0.25, 0.3) is 22.3 Å². The number of halogens is 1. The molecule has 4 aromatic rings. The van der Waals surface area contributed by atoms with Crippen molar-refractivity contribution in [3.8, 4) is 11.3 Å². The molecule has 42 heavy (non-hydrogen) atoms. The summed E-state index contributed by atoms with van der Waals surface area (Å²) < 4.78 is 28.5. The Balaban J connectivity index is 1.72. The van der Waals surface area contributed by atoms with Crippen LogP contribution >= 0.6 is 0 Å². The number of rotatable bonds is 12. The number of carbonyl (C=O) groups excluding carboxylic acids is 2. The van der Waals surface area contributed by atoms with E-state index in [4.69, 9.17) is 9.47 Å². The molecule has 0 aliphatic rings. The van der Waals surface area contributed by atoms with Crippen LogP contribution in [0.3, 0.4) is 0 Å². The summed E-state index contributed by atoms with van der Waals surface area (Å²) in [5.74, 6) is -2.20. The molecule has 1 amide bonds. The van der Waals surface area contributed by atoms with Gasteiger partial charge in [-0.25, -0.2) is 9.37 Å². The number of amides is 1. The van der Waals surface area contributed by atoms with Crippen LogP contribution in [0.2, 0.25) is 25.7 Å². The fourth-order valence-electron chi connectivity index (χ4n) is 4.45. The zero-order valence-electron chi connectivity index (χ0n) is 24.4. The van der Waals surface area contributed by atoms with Crippen molar-refractivity contribution >= 4 is 31.0 Å². The molecule has 0 saturated heterocycles. The largest absolute Gasteiger partial charge is 0.465 e. The Labute approximate surface area is 245 Å². The molecule has 1 aromatic heterocycles. The number of para-hydroxylation sites is 2. The van der Waals surface area contributed by atoms with Crippen LogP contribution in [0.5, 0.6) is 0 Å². The first-order valence-electron chi connectivity index (χ1n) is 13.9. The maximum Gasteiger partial charge on any atom is 0.325 e. The Kier molecular flexibility index (Phi) is 10.0. The number of nitrogens with zero attached hydrogens (tertiary/aromatic N) is 3. The van der Waals surface area contributed by atoms with E-state index in [0.29, 0.717) is 17.6 Å². The molecule has 0 N–H and O–H groups in total. The summed E-state index contributed by atoms with van der Waals surface area (Å²) in [6.45, 7) is 8.75. The second-order valence-electron chi connectivity index (χ2n) is 11.1. The van der Waals surface area contributed by atoms with Crippen LogP contribution in [0, 0.1) is 5.82 Å². The highest BCUT2D eigenvalue weighted by Gasteiger charge is 2.26. The van der Waals surface area contributed by atoms with Gasteiger partial charge in [0.25, 0.3) is 11.5 Å². The SMILES string of the molecule is CCOC(=O)CN(Cc1ccccc1)C(=O)c1cccc(-c2nc3ccccc3n(COCC[Si](C)(C)C)c2=O)c1F. The van der Waals surface area contributed by atoms with E-state index >= 15 is 4.39 Å². The summed E-state index contributed by atoms with van der Waals surface area (Å²) in [6, 6.07) is 21.4. The highest BCUT2D eigenvalue weighted by molar-refractivity contribution is 6.76. The van der Waals surface area contributed by atoms with Crippen molar-refractivity contribution in [3.05, 3.63) is 100 Å². The molecular formula is C32H36FN3O5Si. The van der Waals surface area contributed by atoms with Gasteiger partial charge in [0, 0.05) is 26.8 Å². The summed E-state index contributed by atoms with van der Waals surface area (Å²) in [4.78, 5) is 45.5. The van der Waals surface area contributed by atoms with Crippen LogP contribution in [-0.4, -0.2) is 54.2 Å². The fraction of sp³-hybridized carbons (Fsp3) is 0.312. The quantitative estimate of drug-likeness (QED) is 0.119. The topological polar surface area (TPSA) is 90.7 Å². The lowest BCUT2D eigenvalue weighted by Gasteiger charge is -2.22. The molecule has 0 saturated carbocycles. The van der Waals surface area contributed by atoms with Gasteiger partial charge in [0.1, 0.15) is 24.8 Å². The van der Waals surface area contributed by atoms with Gasteiger partial charge in [-0.1, -0.05) is 68.2 Å². The smallest absolute Gasteiger partial charge is 0.325 e. The van der Waals surface area contributed by atoms with Crippen molar-refractivity contribution in [3.63, 3.8) is 0 Å². The number of benzene rings is 3. The van der Waals surface area contributed by atoms with Gasteiger partial charge in [0.05, 0.1) is 23.2 Å². The molecule has 0 radical (unpaired) electrons. The lowest BCUT2D eigenvalue weighted by molar-refractivity contribution is -0.143. The van der Waals surface area contributed by atoms with Crippen molar-refractivity contribution in [1.82, 2.24) is 14.5 Å². The molecular weight excluding hydrogens is 553 g/mol. The minimum absolute atomic E-state index is 0.00994. The minimum Gasteiger partial charge on any atom is -0.465 e. The number of aromatic nitrogens is 2. The highest BCUT2D eigenvalue weighted by Crippen LogP contribution is 2.25. The summed E-state index contributed by atoms with van der Waals surface area (Å²) in [6.07, 6.45) is 0. The van der Waals surface area contributed by atoms with Crippen LogP contribution in [0.15, 0.2) is 77.6 Å². The van der Waals surface area contributed by atoms with E-state index in [1.807, 2.05) is 30.3 Å². The number of hydrogen-bond acceptors (Lipinski definition) is 6. The third-order valence-electron chi connectivity index (χ3n) is 6.68. The molecule has 0 aliphatic heterocycles. The van der Waals surface area contributed by atoms with E-state index in [1.54, 1.807) is 31.2 Å². The molecule has 8 nitrogen and oxygen atoms in total. The third kappa shape index (κ3) is 7.57. The van der Waals surface area contributed by atoms with Crippen LogP contribution in [0.4, 0.5) is 4.39 Å². The van der Waals surface area contributed by atoms with E-state index in [-0.39, 0.29) is 43.2 Å². The number of hydrogen-bond donors (Lipinski definition) is 0. The van der Waals surface area contributed by atoms with Gasteiger partial charge in [-0.05, 0) is 42.8 Å². The Morgan fingerprint density at radius 1 is 0.976 bits per heavy atom. The summed E-state index contributed by atoms with van der Waals surface area (Å²) in [5.41, 5.74) is 0.774. The Bertz CT molecular complexity index is 1620. The zero-order valence-corrected chi connectivity index (χ0v) is 25.4. The van der Waals surface area contributed by atoms with E-state index in [0.717, 1.165) is 11.6 Å². The van der Waals surface area contributed by atoms with E-state index in [2.05, 4.69) is 24.6 Å². The van der Waals surface area contributed by atoms with E-state index < -0.39 is 31.3 Å². The maximum absolute atomic E-state index is 16.2. The molecule has 220 valence electrons. The average molecular weight is 590 g/mol. The first-order valence-corrected chi connectivity index (χ1v) is 17.6. The Morgan fingerprint density at radius 2 is 1.69 bits per heavy atom. The van der Waals surface area contributed by atoms with Gasteiger partial charge in [0.15, 0.2) is 0 Å². The standard InChI is InChI=1S/C32H36FN3O5Si/c1-5-41-28(37)21-35(20-23-12-7-6-8-13-23)31(38)25-15-11-14-24(29(25)33)30-32(39)36(22-40-18-19-42(2,3)4)27-17-10-9-16-26(27)34-30/h6-17H,5,18-22H2,1-4H3. The van der Waals surface area contributed by atoms with E-state index in [1.165, 1.54) is 27.7 Å². The maximum atomic E-state index is 16.2. The van der Waals surface area contributed by atoms with E-state index in [9.17, 15) is 14.4 Å². The third-order valence-corrected chi connectivity index (χ3v) is 8.39. The summed E-state index contributed by atoms with van der Waals surface area (Å²) in [5, 5.41) is 0. The number of esters is 1. The predicted molar refractivity (Wildman–Crippen MR) is 163 cm³/mol. The van der Waals surface area contributed by atoms with Gasteiger partial charge >= 0.3 is 5.97 Å². The highest BCUT2D eigenvalue weighted by atomic mass is 28.3. The Hall–Kier alpha value is -4.15. The normalized spacial score (nSPS) is 11.5. The molecule has 0 aliphatic carbocycles. The van der Waals surface area contributed by atoms with Crippen molar-refractivity contribution in [2.24, 2.45) is 0 Å².